The molecule has 0 radical (unpaired) electrons. The van der Waals surface area contributed by atoms with E-state index in [0.717, 1.165) is 13.0 Å². The third-order valence-electron chi connectivity index (χ3n) is 3.10. The predicted octanol–water partition coefficient (Wildman–Crippen LogP) is 0.315. The summed E-state index contributed by atoms with van der Waals surface area (Å²) in [6, 6.07) is -0.174. The van der Waals surface area contributed by atoms with E-state index < -0.39 is 0 Å². The monoisotopic (exact) mass is 199 g/mol. The maximum Gasteiger partial charge on any atom is 0.323 e. The topological polar surface area (TPSA) is 47.6 Å². The minimum absolute atomic E-state index is 0.0935. The molecule has 14 heavy (non-hydrogen) atoms. The van der Waals surface area contributed by atoms with Gasteiger partial charge in [-0.15, -0.1) is 0 Å². The Morgan fingerprint density at radius 3 is 2.93 bits per heavy atom. The molecule has 2 heterocycles. The molecule has 2 fully saturated rings. The van der Waals surface area contributed by atoms with E-state index in [0.29, 0.717) is 0 Å². The van der Waals surface area contributed by atoms with Crippen molar-refractivity contribution in [3.8, 4) is 0 Å². The van der Waals surface area contributed by atoms with Crippen LogP contribution in [-0.4, -0.2) is 37.4 Å². The highest BCUT2D eigenvalue weighted by molar-refractivity contribution is 5.76. The molecule has 0 saturated carbocycles. The molecule has 4 heteroatoms. The minimum Gasteiger partial charge on any atom is -0.468 e. The van der Waals surface area contributed by atoms with Gasteiger partial charge in [-0.05, 0) is 20.3 Å². The largest absolute Gasteiger partial charge is 0.468 e. The molecular weight excluding hydrogens is 182 g/mol. The van der Waals surface area contributed by atoms with Crippen LogP contribution in [0.3, 0.4) is 0 Å². The van der Waals surface area contributed by atoms with E-state index in [1.165, 1.54) is 7.11 Å². The maximum absolute atomic E-state index is 11.4. The lowest BCUT2D eigenvalue weighted by Gasteiger charge is -2.20. The molecule has 4 nitrogen and oxygen atoms in total. The van der Waals surface area contributed by atoms with E-state index >= 15 is 0 Å². The minimum atomic E-state index is -0.174. The first-order valence-corrected chi connectivity index (χ1v) is 5.02. The third kappa shape index (κ3) is 1.53. The van der Waals surface area contributed by atoms with E-state index in [1.54, 1.807) is 0 Å². The van der Waals surface area contributed by atoms with Crippen molar-refractivity contribution in [1.29, 1.82) is 0 Å². The molecule has 0 aromatic heterocycles. The quantitative estimate of drug-likeness (QED) is 0.618. The first-order valence-electron chi connectivity index (χ1n) is 5.02. The Morgan fingerprint density at radius 2 is 2.29 bits per heavy atom. The van der Waals surface area contributed by atoms with Crippen molar-refractivity contribution in [3.63, 3.8) is 0 Å². The molecule has 3 atom stereocenters. The Bertz CT molecular complexity index is 252. The first-order chi connectivity index (χ1) is 6.53. The summed E-state index contributed by atoms with van der Waals surface area (Å²) in [6.45, 7) is 4.90. The number of carbonyl (C=O) groups is 1. The Balaban J connectivity index is 2.08. The Morgan fingerprint density at radius 1 is 1.57 bits per heavy atom. The van der Waals surface area contributed by atoms with Gasteiger partial charge in [0, 0.05) is 12.5 Å². The smallest absolute Gasteiger partial charge is 0.323 e. The van der Waals surface area contributed by atoms with Crippen molar-refractivity contribution in [2.45, 2.75) is 38.0 Å². The summed E-state index contributed by atoms with van der Waals surface area (Å²) in [5.74, 6) is 0.108. The zero-order chi connectivity index (χ0) is 10.3. The highest BCUT2D eigenvalue weighted by atomic mass is 16.5. The van der Waals surface area contributed by atoms with Gasteiger partial charge in [-0.1, -0.05) is 0 Å². The number of esters is 1. The highest BCUT2D eigenvalue weighted by Gasteiger charge is 2.50. The summed E-state index contributed by atoms with van der Waals surface area (Å²) >= 11 is 0. The number of ether oxygens (including phenoxy) is 2. The van der Waals surface area contributed by atoms with Gasteiger partial charge in [-0.25, -0.2) is 0 Å². The number of methoxy groups -OCH3 is 1. The molecule has 2 saturated heterocycles. The zero-order valence-corrected chi connectivity index (χ0v) is 8.87. The Labute approximate surface area is 84.0 Å². The van der Waals surface area contributed by atoms with Crippen LogP contribution in [0, 0.1) is 5.92 Å². The molecule has 1 N–H and O–H groups in total. The van der Waals surface area contributed by atoms with Crippen molar-refractivity contribution in [1.82, 2.24) is 5.32 Å². The van der Waals surface area contributed by atoms with Gasteiger partial charge in [0.05, 0.1) is 18.8 Å². The van der Waals surface area contributed by atoms with Crippen LogP contribution < -0.4 is 5.32 Å². The third-order valence-corrected chi connectivity index (χ3v) is 3.10. The second-order valence-corrected chi connectivity index (χ2v) is 4.69. The van der Waals surface area contributed by atoms with Gasteiger partial charge < -0.3 is 14.8 Å². The van der Waals surface area contributed by atoms with Crippen LogP contribution in [-0.2, 0) is 14.3 Å². The molecule has 80 valence electrons. The molecule has 0 spiro atoms. The molecule has 0 bridgehead atoms. The van der Waals surface area contributed by atoms with Gasteiger partial charge in [0.1, 0.15) is 6.04 Å². The average molecular weight is 199 g/mol. The van der Waals surface area contributed by atoms with Gasteiger partial charge in [0.2, 0.25) is 0 Å². The summed E-state index contributed by atoms with van der Waals surface area (Å²) in [6.07, 6.45) is 1.10. The van der Waals surface area contributed by atoms with E-state index in [1.807, 2.05) is 0 Å². The summed E-state index contributed by atoms with van der Waals surface area (Å²) < 4.78 is 10.6. The van der Waals surface area contributed by atoms with Crippen molar-refractivity contribution in [2.24, 2.45) is 5.92 Å². The second kappa shape index (κ2) is 3.21. The van der Waals surface area contributed by atoms with Gasteiger partial charge in [0.25, 0.3) is 0 Å². The van der Waals surface area contributed by atoms with Crippen LogP contribution in [0.4, 0.5) is 0 Å². The summed E-state index contributed by atoms with van der Waals surface area (Å²) in [4.78, 5) is 11.4. The van der Waals surface area contributed by atoms with Crippen LogP contribution in [0.15, 0.2) is 0 Å². The van der Waals surface area contributed by atoms with Gasteiger partial charge in [-0.2, -0.15) is 0 Å². The lowest BCUT2D eigenvalue weighted by atomic mass is 9.91. The standard InChI is InChI=1S/C10H17NO3/c1-10(2)4-6-7(14-10)5-11-8(6)9(12)13-3/h6-8,11H,4-5H2,1-3H3/t6-,7-,8?/m0/s1. The van der Waals surface area contributed by atoms with Gasteiger partial charge in [-0.3, -0.25) is 4.79 Å². The van der Waals surface area contributed by atoms with Crippen LogP contribution in [0.2, 0.25) is 0 Å². The fraction of sp³-hybridized carbons (Fsp3) is 0.900. The predicted molar refractivity (Wildman–Crippen MR) is 50.9 cm³/mol. The van der Waals surface area contributed by atoms with Crippen molar-refractivity contribution in [3.05, 3.63) is 0 Å². The SMILES string of the molecule is COC(=O)C1NC[C@@H]2OC(C)(C)C[C@H]12. The van der Waals surface area contributed by atoms with Crippen LogP contribution in [0.5, 0.6) is 0 Å². The van der Waals surface area contributed by atoms with Crippen molar-refractivity contribution < 1.29 is 14.3 Å². The first kappa shape index (κ1) is 9.93. The maximum atomic E-state index is 11.4. The molecule has 1 unspecified atom stereocenters. The fourth-order valence-corrected chi connectivity index (χ4v) is 2.55. The lowest BCUT2D eigenvalue weighted by molar-refractivity contribution is -0.143. The second-order valence-electron chi connectivity index (χ2n) is 4.69. The molecule has 0 aliphatic carbocycles. The Kier molecular flexibility index (Phi) is 2.27. The average Bonchev–Trinajstić information content (AvgIpc) is 2.58. The fourth-order valence-electron chi connectivity index (χ4n) is 2.55. The molecule has 2 rings (SSSR count). The Hall–Kier alpha value is -0.610. The number of fused-ring (bicyclic) bond motifs is 1. The molecule has 0 aromatic carbocycles. The van der Waals surface area contributed by atoms with Crippen LogP contribution in [0.25, 0.3) is 0 Å². The number of hydrogen-bond acceptors (Lipinski definition) is 4. The zero-order valence-electron chi connectivity index (χ0n) is 8.87. The van der Waals surface area contributed by atoms with Crippen molar-refractivity contribution >= 4 is 5.97 Å². The number of rotatable bonds is 1. The lowest BCUT2D eigenvalue weighted by Crippen LogP contribution is -2.38. The number of hydrogen-bond donors (Lipinski definition) is 1. The molecule has 0 amide bonds. The normalized spacial score (nSPS) is 39.5. The van der Waals surface area contributed by atoms with Crippen LogP contribution in [0.1, 0.15) is 20.3 Å². The number of nitrogens with one attached hydrogen (secondary N) is 1. The molecule has 2 aliphatic rings. The highest BCUT2D eigenvalue weighted by Crippen LogP contribution is 2.39. The summed E-state index contributed by atoms with van der Waals surface area (Å²) in [7, 11) is 1.43. The molecule has 2 aliphatic heterocycles. The van der Waals surface area contributed by atoms with Crippen LogP contribution >= 0.6 is 0 Å². The van der Waals surface area contributed by atoms with E-state index in [2.05, 4.69) is 19.2 Å². The van der Waals surface area contributed by atoms with Gasteiger partial charge in [0.15, 0.2) is 0 Å². The van der Waals surface area contributed by atoms with E-state index in [4.69, 9.17) is 9.47 Å². The summed E-state index contributed by atoms with van der Waals surface area (Å²) in [5.41, 5.74) is -0.0935. The van der Waals surface area contributed by atoms with Crippen molar-refractivity contribution in [2.75, 3.05) is 13.7 Å². The number of carbonyl (C=O) groups excluding carboxylic acids is 1. The van der Waals surface area contributed by atoms with Gasteiger partial charge >= 0.3 is 5.97 Å². The molecule has 0 aromatic rings. The van der Waals surface area contributed by atoms with E-state index in [9.17, 15) is 4.79 Å². The molecular formula is C10H17NO3. The van der Waals surface area contributed by atoms with E-state index in [-0.39, 0.29) is 29.6 Å². The summed E-state index contributed by atoms with van der Waals surface area (Å²) in [5, 5.41) is 3.15.